The number of nitrogens with one attached hydrogen (secondary N) is 1. The molecule has 3 aromatic rings. The van der Waals surface area contributed by atoms with Crippen molar-refractivity contribution in [3.63, 3.8) is 0 Å². The molecule has 2 aromatic carbocycles. The molecule has 34 heavy (non-hydrogen) atoms. The predicted molar refractivity (Wildman–Crippen MR) is 128 cm³/mol. The van der Waals surface area contributed by atoms with Crippen molar-refractivity contribution in [3.05, 3.63) is 54.1 Å². The molecule has 3 N–H and O–H groups in total. The van der Waals surface area contributed by atoms with Gasteiger partial charge < -0.3 is 11.1 Å². The molecule has 1 aliphatic heterocycles. The lowest BCUT2D eigenvalue weighted by molar-refractivity contribution is -0.137. The van der Waals surface area contributed by atoms with Crippen LogP contribution in [0.2, 0.25) is 0 Å². The lowest BCUT2D eigenvalue weighted by Gasteiger charge is -2.35. The number of carbonyl (C=O) groups excluding carboxylic acids is 1. The fraction of sp³-hybridized carbons (Fsp3) is 0.385. The van der Waals surface area contributed by atoms with E-state index in [1.807, 2.05) is 6.07 Å². The van der Waals surface area contributed by atoms with E-state index in [4.69, 9.17) is 5.73 Å². The highest BCUT2D eigenvalue weighted by molar-refractivity contribution is 6.01. The first kappa shape index (κ1) is 24.0. The van der Waals surface area contributed by atoms with Crippen LogP contribution in [0.15, 0.2) is 42.5 Å². The zero-order chi connectivity index (χ0) is 24.5. The third kappa shape index (κ3) is 5.17. The molecule has 0 aliphatic carbocycles. The molecule has 0 spiro atoms. The van der Waals surface area contributed by atoms with Crippen molar-refractivity contribution in [2.24, 2.45) is 5.92 Å². The number of anilines is 2. The molecule has 1 saturated heterocycles. The first-order valence-electron chi connectivity index (χ1n) is 11.5. The van der Waals surface area contributed by atoms with E-state index in [9.17, 15) is 18.0 Å². The van der Waals surface area contributed by atoms with Crippen molar-refractivity contribution in [3.8, 4) is 11.1 Å². The first-order chi connectivity index (χ1) is 16.1. The second kappa shape index (κ2) is 9.62. The van der Waals surface area contributed by atoms with Gasteiger partial charge in [-0.25, -0.2) is 4.98 Å². The number of nitrogens with two attached hydrogens (primary N) is 1. The number of hydrogen-bond acceptors (Lipinski definition) is 4. The van der Waals surface area contributed by atoms with E-state index < -0.39 is 11.7 Å². The van der Waals surface area contributed by atoms with Crippen LogP contribution in [0.4, 0.5) is 24.7 Å². The molecule has 4 rings (SSSR count). The lowest BCUT2D eigenvalue weighted by atomic mass is 9.97. The number of fused-ring (bicyclic) bond motifs is 1. The third-order valence-electron chi connectivity index (χ3n) is 6.08. The largest absolute Gasteiger partial charge is 0.416 e. The molecule has 1 amide bonds. The van der Waals surface area contributed by atoms with E-state index in [1.54, 1.807) is 18.2 Å². The van der Waals surface area contributed by atoms with Gasteiger partial charge in [-0.2, -0.15) is 13.2 Å². The van der Waals surface area contributed by atoms with E-state index in [0.717, 1.165) is 43.5 Å². The fourth-order valence-corrected chi connectivity index (χ4v) is 4.53. The smallest absolute Gasteiger partial charge is 0.383 e. The van der Waals surface area contributed by atoms with Gasteiger partial charge in [-0.1, -0.05) is 44.5 Å². The van der Waals surface area contributed by atoms with Crippen LogP contribution in [0.25, 0.3) is 22.0 Å². The molecule has 1 aliphatic rings. The SMILES string of the molecule is CC(C)CN1CCCCC1C(=O)Nc1cc(C(F)(F)F)ccc1-c1cc2ccc[c]c2nc1N. The maximum absolute atomic E-state index is 13.5. The maximum Gasteiger partial charge on any atom is 0.416 e. The Morgan fingerprint density at radius 3 is 2.76 bits per heavy atom. The number of nitrogen functional groups attached to an aromatic ring is 1. The number of alkyl halides is 3. The highest BCUT2D eigenvalue weighted by Crippen LogP contribution is 2.38. The minimum atomic E-state index is -4.55. The molecule has 5 nitrogen and oxygen atoms in total. The summed E-state index contributed by atoms with van der Waals surface area (Å²) in [7, 11) is 0. The standard InChI is InChI=1S/C26H28F3N4O/c1-16(2)15-33-12-6-5-9-23(33)25(34)32-22-14-18(26(27,28)29)10-11-19(22)20-13-17-7-3-4-8-21(17)31-24(20)30/h3-4,7,10-11,13-14,16,23H,5-6,9,12,15H2,1-2H3,(H2,30,31)(H,32,34). The molecule has 1 atom stereocenters. The van der Waals surface area contributed by atoms with E-state index in [0.29, 0.717) is 29.0 Å². The lowest BCUT2D eigenvalue weighted by Crippen LogP contribution is -2.48. The van der Waals surface area contributed by atoms with Crippen molar-refractivity contribution < 1.29 is 18.0 Å². The topological polar surface area (TPSA) is 71.2 Å². The van der Waals surface area contributed by atoms with Gasteiger partial charge in [0.2, 0.25) is 5.91 Å². The van der Waals surface area contributed by atoms with Gasteiger partial charge in [0.1, 0.15) is 5.82 Å². The van der Waals surface area contributed by atoms with Gasteiger partial charge in [-0.05, 0) is 43.5 Å². The fourth-order valence-electron chi connectivity index (χ4n) is 4.53. The Bertz CT molecular complexity index is 1190. The summed E-state index contributed by atoms with van der Waals surface area (Å²) in [6.07, 6.45) is -1.97. The van der Waals surface area contributed by atoms with E-state index in [-0.39, 0.29) is 23.5 Å². The molecule has 0 saturated carbocycles. The summed E-state index contributed by atoms with van der Waals surface area (Å²) in [6, 6.07) is 13.0. The zero-order valence-electron chi connectivity index (χ0n) is 19.2. The number of benzene rings is 2. The van der Waals surface area contributed by atoms with Crippen LogP contribution in [-0.4, -0.2) is 34.9 Å². The van der Waals surface area contributed by atoms with Crippen LogP contribution in [-0.2, 0) is 11.0 Å². The number of para-hydroxylation sites is 1. The van der Waals surface area contributed by atoms with Crippen LogP contribution in [0.5, 0.6) is 0 Å². The van der Waals surface area contributed by atoms with Gasteiger partial charge in [-0.15, -0.1) is 0 Å². The van der Waals surface area contributed by atoms with Crippen molar-refractivity contribution in [2.45, 2.75) is 45.3 Å². The number of halogens is 3. The molecular weight excluding hydrogens is 441 g/mol. The highest BCUT2D eigenvalue weighted by Gasteiger charge is 2.33. The highest BCUT2D eigenvalue weighted by atomic mass is 19.4. The Hall–Kier alpha value is -3.13. The van der Waals surface area contributed by atoms with Gasteiger partial charge in [0.05, 0.1) is 17.1 Å². The Balaban J connectivity index is 1.75. The van der Waals surface area contributed by atoms with Crippen LogP contribution >= 0.6 is 0 Å². The second-order valence-corrected chi connectivity index (χ2v) is 9.18. The number of nitrogens with zero attached hydrogens (tertiary/aromatic N) is 2. The van der Waals surface area contributed by atoms with Gasteiger partial charge >= 0.3 is 6.18 Å². The summed E-state index contributed by atoms with van der Waals surface area (Å²) in [5, 5.41) is 3.55. The molecule has 1 radical (unpaired) electrons. The molecule has 1 fully saturated rings. The van der Waals surface area contributed by atoms with Crippen LogP contribution in [0.1, 0.15) is 38.7 Å². The zero-order valence-corrected chi connectivity index (χ0v) is 19.2. The molecule has 1 aromatic heterocycles. The maximum atomic E-state index is 13.5. The number of piperidine rings is 1. The van der Waals surface area contributed by atoms with Gasteiger partial charge in [0.25, 0.3) is 0 Å². The normalized spacial score (nSPS) is 17.3. The number of hydrogen-bond donors (Lipinski definition) is 2. The van der Waals surface area contributed by atoms with Gasteiger partial charge in [-0.3, -0.25) is 9.69 Å². The average molecular weight is 470 g/mol. The van der Waals surface area contributed by atoms with Gasteiger partial charge in [0, 0.05) is 34.8 Å². The van der Waals surface area contributed by atoms with Crippen molar-refractivity contribution in [1.82, 2.24) is 9.88 Å². The first-order valence-corrected chi connectivity index (χ1v) is 11.5. The number of amides is 1. The van der Waals surface area contributed by atoms with E-state index >= 15 is 0 Å². The van der Waals surface area contributed by atoms with Crippen LogP contribution in [0, 0.1) is 12.0 Å². The van der Waals surface area contributed by atoms with Crippen LogP contribution < -0.4 is 11.1 Å². The number of aromatic nitrogens is 1. The van der Waals surface area contributed by atoms with Crippen molar-refractivity contribution >= 4 is 28.3 Å². The third-order valence-corrected chi connectivity index (χ3v) is 6.08. The minimum absolute atomic E-state index is 0.0719. The molecule has 0 bridgehead atoms. The number of carbonyl (C=O) groups is 1. The van der Waals surface area contributed by atoms with Crippen molar-refractivity contribution in [2.75, 3.05) is 24.1 Å². The van der Waals surface area contributed by atoms with Gasteiger partial charge in [0.15, 0.2) is 0 Å². The average Bonchev–Trinajstić information content (AvgIpc) is 2.78. The molecule has 8 heteroatoms. The second-order valence-electron chi connectivity index (χ2n) is 9.18. The molecule has 2 heterocycles. The Morgan fingerprint density at radius 1 is 1.24 bits per heavy atom. The van der Waals surface area contributed by atoms with Crippen LogP contribution in [0.3, 0.4) is 0 Å². The monoisotopic (exact) mass is 469 g/mol. The Labute approximate surface area is 197 Å². The summed E-state index contributed by atoms with van der Waals surface area (Å²) in [4.78, 5) is 19.8. The summed E-state index contributed by atoms with van der Waals surface area (Å²) in [5.74, 6) is 0.226. The van der Waals surface area contributed by atoms with E-state index in [2.05, 4.69) is 35.1 Å². The Morgan fingerprint density at radius 2 is 2.03 bits per heavy atom. The molecular formula is C26H28F3N4O. The molecule has 179 valence electrons. The Kier molecular flexibility index (Phi) is 6.79. The molecule has 1 unspecified atom stereocenters. The number of pyridine rings is 1. The van der Waals surface area contributed by atoms with Crippen molar-refractivity contribution in [1.29, 1.82) is 0 Å². The predicted octanol–water partition coefficient (Wildman–Crippen LogP) is 5.75. The number of likely N-dealkylation sites (tertiary alicyclic amines) is 1. The summed E-state index contributed by atoms with van der Waals surface area (Å²) >= 11 is 0. The summed E-state index contributed by atoms with van der Waals surface area (Å²) in [5.41, 5.74) is 6.83. The quantitative estimate of drug-likeness (QED) is 0.499. The van der Waals surface area contributed by atoms with E-state index in [1.165, 1.54) is 6.07 Å². The minimum Gasteiger partial charge on any atom is -0.383 e. The summed E-state index contributed by atoms with van der Waals surface area (Å²) < 4.78 is 40.6. The number of rotatable bonds is 5. The summed E-state index contributed by atoms with van der Waals surface area (Å²) in [6.45, 7) is 5.72.